The van der Waals surface area contributed by atoms with Crippen molar-refractivity contribution >= 4 is 39.6 Å². The van der Waals surface area contributed by atoms with Crippen LogP contribution in [0.4, 0.5) is 5.69 Å². The van der Waals surface area contributed by atoms with Crippen molar-refractivity contribution < 1.29 is 19.4 Å². The predicted molar refractivity (Wildman–Crippen MR) is 141 cm³/mol. The highest BCUT2D eigenvalue weighted by molar-refractivity contribution is 9.10. The molecule has 3 aromatic carbocycles. The predicted octanol–water partition coefficient (Wildman–Crippen LogP) is 4.98. The van der Waals surface area contributed by atoms with Gasteiger partial charge in [-0.3, -0.25) is 4.79 Å². The Bertz CT molecular complexity index is 1310. The monoisotopic (exact) mass is 545 g/mol. The van der Waals surface area contributed by atoms with Gasteiger partial charge in [0.2, 0.25) is 0 Å². The summed E-state index contributed by atoms with van der Waals surface area (Å²) < 4.78 is 6.52. The minimum atomic E-state index is -0.974. The van der Waals surface area contributed by atoms with Gasteiger partial charge in [-0.25, -0.2) is 4.79 Å². The first-order chi connectivity index (χ1) is 17.4. The number of nitriles is 1. The molecule has 0 unspecified atom stereocenters. The van der Waals surface area contributed by atoms with Gasteiger partial charge in [-0.15, -0.1) is 0 Å². The quantitative estimate of drug-likeness (QED) is 0.332. The Hall–Kier alpha value is -4.09. The molecule has 1 saturated heterocycles. The maximum atomic E-state index is 13.0. The third-order valence-electron chi connectivity index (χ3n) is 5.90. The number of para-hydroxylation sites is 1. The fourth-order valence-electron chi connectivity index (χ4n) is 3.91. The summed E-state index contributed by atoms with van der Waals surface area (Å²) in [5.41, 5.74) is 2.97. The molecule has 7 nitrogen and oxygen atoms in total. The van der Waals surface area contributed by atoms with Crippen LogP contribution in [-0.4, -0.2) is 48.1 Å². The highest BCUT2D eigenvalue weighted by Crippen LogP contribution is 2.28. The van der Waals surface area contributed by atoms with Crippen LogP contribution in [0.25, 0.3) is 6.08 Å². The summed E-state index contributed by atoms with van der Waals surface area (Å²) in [6.45, 7) is 2.80. The van der Waals surface area contributed by atoms with Gasteiger partial charge in [0.15, 0.2) is 0 Å². The molecule has 1 N–H and O–H groups in total. The van der Waals surface area contributed by atoms with E-state index in [9.17, 15) is 14.9 Å². The lowest BCUT2D eigenvalue weighted by Crippen LogP contribution is -2.49. The molecule has 36 heavy (non-hydrogen) atoms. The van der Waals surface area contributed by atoms with Gasteiger partial charge >= 0.3 is 5.97 Å². The molecule has 0 aromatic heterocycles. The molecule has 0 bridgehead atoms. The molecular formula is C28H24BrN3O4. The third-order valence-corrected chi connectivity index (χ3v) is 6.52. The maximum absolute atomic E-state index is 13.0. The van der Waals surface area contributed by atoms with Gasteiger partial charge in [0, 0.05) is 31.9 Å². The van der Waals surface area contributed by atoms with Crippen molar-refractivity contribution in [2.75, 3.05) is 31.1 Å². The molecule has 1 fully saturated rings. The molecule has 1 heterocycles. The molecule has 0 aliphatic carbocycles. The number of nitrogens with zero attached hydrogens (tertiary/aromatic N) is 3. The zero-order valence-corrected chi connectivity index (χ0v) is 21.0. The fraction of sp³-hybridized carbons (Fsp3) is 0.179. The van der Waals surface area contributed by atoms with Crippen molar-refractivity contribution in [3.63, 3.8) is 0 Å². The Kier molecular flexibility index (Phi) is 8.03. The Morgan fingerprint density at radius 3 is 2.31 bits per heavy atom. The van der Waals surface area contributed by atoms with Crippen molar-refractivity contribution in [1.29, 1.82) is 5.26 Å². The van der Waals surface area contributed by atoms with Crippen LogP contribution in [0.15, 0.2) is 82.8 Å². The highest BCUT2D eigenvalue weighted by Gasteiger charge is 2.24. The van der Waals surface area contributed by atoms with E-state index in [0.717, 1.165) is 11.3 Å². The molecular weight excluding hydrogens is 522 g/mol. The molecule has 8 heteroatoms. The zero-order valence-electron chi connectivity index (χ0n) is 19.4. The van der Waals surface area contributed by atoms with E-state index >= 15 is 0 Å². The summed E-state index contributed by atoms with van der Waals surface area (Å²) in [7, 11) is 0. The van der Waals surface area contributed by atoms with E-state index in [-0.39, 0.29) is 23.7 Å². The van der Waals surface area contributed by atoms with Crippen molar-refractivity contribution in [1.82, 2.24) is 4.90 Å². The Morgan fingerprint density at radius 1 is 1.00 bits per heavy atom. The molecule has 0 spiro atoms. The molecule has 1 aliphatic heterocycles. The van der Waals surface area contributed by atoms with E-state index in [1.54, 1.807) is 41.3 Å². The van der Waals surface area contributed by atoms with Crippen LogP contribution < -0.4 is 9.64 Å². The summed E-state index contributed by atoms with van der Waals surface area (Å²) in [6.07, 6.45) is 1.59. The van der Waals surface area contributed by atoms with Crippen LogP contribution in [0, 0.1) is 11.3 Å². The number of carbonyl (C=O) groups is 2. The largest absolute Gasteiger partial charge is 0.488 e. The van der Waals surface area contributed by atoms with Crippen molar-refractivity contribution in [2.24, 2.45) is 0 Å². The lowest BCUT2D eigenvalue weighted by atomic mass is 10.1. The van der Waals surface area contributed by atoms with Crippen LogP contribution in [0.1, 0.15) is 21.5 Å². The number of anilines is 1. The van der Waals surface area contributed by atoms with Crippen LogP contribution in [0.3, 0.4) is 0 Å². The number of hydrogen-bond acceptors (Lipinski definition) is 5. The number of benzene rings is 3. The number of ether oxygens (including phenoxy) is 1. The zero-order chi connectivity index (χ0) is 25.5. The Balaban J connectivity index is 1.37. The molecule has 3 aromatic rings. The summed E-state index contributed by atoms with van der Waals surface area (Å²) in [5, 5.41) is 18.7. The van der Waals surface area contributed by atoms with Crippen molar-refractivity contribution in [3.8, 4) is 11.8 Å². The van der Waals surface area contributed by atoms with Gasteiger partial charge in [-0.2, -0.15) is 5.26 Å². The second kappa shape index (κ2) is 11.6. The molecule has 1 amide bonds. The van der Waals surface area contributed by atoms with E-state index in [4.69, 9.17) is 9.84 Å². The van der Waals surface area contributed by atoms with E-state index in [1.807, 2.05) is 18.2 Å². The second-order valence-corrected chi connectivity index (χ2v) is 9.12. The number of hydrogen-bond donors (Lipinski definition) is 1. The topological polar surface area (TPSA) is 93.9 Å². The lowest BCUT2D eigenvalue weighted by molar-refractivity contribution is -0.126. The number of amides is 1. The molecule has 0 atom stereocenters. The summed E-state index contributed by atoms with van der Waals surface area (Å²) >= 11 is 3.49. The smallest absolute Gasteiger partial charge is 0.335 e. The maximum Gasteiger partial charge on any atom is 0.335 e. The number of rotatable bonds is 7. The van der Waals surface area contributed by atoms with Gasteiger partial charge in [0.05, 0.1) is 10.0 Å². The van der Waals surface area contributed by atoms with E-state index < -0.39 is 5.97 Å². The second-order valence-electron chi connectivity index (χ2n) is 8.27. The van der Waals surface area contributed by atoms with E-state index in [0.29, 0.717) is 42.0 Å². The molecule has 4 rings (SSSR count). The van der Waals surface area contributed by atoms with E-state index in [2.05, 4.69) is 39.0 Å². The first kappa shape index (κ1) is 25.0. The third kappa shape index (κ3) is 6.12. The average Bonchev–Trinajstić information content (AvgIpc) is 2.91. The number of carboxylic acids is 1. The highest BCUT2D eigenvalue weighted by atomic mass is 79.9. The number of carboxylic acid groups (broad SMARTS) is 1. The van der Waals surface area contributed by atoms with Gasteiger partial charge in [0.25, 0.3) is 5.91 Å². The van der Waals surface area contributed by atoms with Crippen LogP contribution in [-0.2, 0) is 11.4 Å². The first-order valence-corrected chi connectivity index (χ1v) is 12.2. The summed E-state index contributed by atoms with van der Waals surface area (Å²) in [4.78, 5) is 27.9. The van der Waals surface area contributed by atoms with E-state index in [1.165, 1.54) is 12.1 Å². The number of carbonyl (C=O) groups excluding carboxylic acids is 1. The van der Waals surface area contributed by atoms with Crippen molar-refractivity contribution in [2.45, 2.75) is 6.61 Å². The van der Waals surface area contributed by atoms with Gasteiger partial charge in [0.1, 0.15) is 24.0 Å². The first-order valence-electron chi connectivity index (χ1n) is 11.4. The summed E-state index contributed by atoms with van der Waals surface area (Å²) in [6, 6.07) is 24.0. The normalized spacial score (nSPS) is 13.7. The fourth-order valence-corrected chi connectivity index (χ4v) is 4.42. The summed E-state index contributed by atoms with van der Waals surface area (Å²) in [5.74, 6) is -0.652. The number of halogens is 1. The molecule has 0 saturated carbocycles. The van der Waals surface area contributed by atoms with Gasteiger partial charge in [-0.1, -0.05) is 36.4 Å². The Morgan fingerprint density at radius 2 is 1.69 bits per heavy atom. The molecule has 0 radical (unpaired) electrons. The molecule has 1 aliphatic rings. The standard InChI is InChI=1S/C28H24BrN3O4/c29-25-17-21(8-11-26(25)36-19-20-6-9-22(10-7-20)28(34)35)16-23(18-30)27(33)32-14-12-31(13-15-32)24-4-2-1-3-5-24/h1-11,16-17H,12-15,19H2,(H,34,35)/b23-16-. The van der Waals surface area contributed by atoms with Crippen LogP contribution in [0.2, 0.25) is 0 Å². The minimum absolute atomic E-state index is 0.0854. The van der Waals surface area contributed by atoms with Crippen LogP contribution >= 0.6 is 15.9 Å². The minimum Gasteiger partial charge on any atom is -0.488 e. The van der Waals surface area contributed by atoms with Gasteiger partial charge in [-0.05, 0) is 69.5 Å². The van der Waals surface area contributed by atoms with Crippen LogP contribution in [0.5, 0.6) is 5.75 Å². The lowest BCUT2D eigenvalue weighted by Gasteiger charge is -2.36. The Labute approximate surface area is 218 Å². The number of piperazine rings is 1. The molecule has 182 valence electrons. The van der Waals surface area contributed by atoms with Gasteiger partial charge < -0.3 is 19.6 Å². The van der Waals surface area contributed by atoms with Crippen molar-refractivity contribution in [3.05, 3.63) is 99.5 Å². The SMILES string of the molecule is N#C/C(=C/c1ccc(OCc2ccc(C(=O)O)cc2)c(Br)c1)C(=O)N1CCN(c2ccccc2)CC1. The average molecular weight is 546 g/mol. The number of aromatic carboxylic acids is 1.